The summed E-state index contributed by atoms with van der Waals surface area (Å²) >= 11 is 0. The van der Waals surface area contributed by atoms with Crippen LogP contribution in [0.4, 0.5) is 11.4 Å². The topological polar surface area (TPSA) is 114 Å². The summed E-state index contributed by atoms with van der Waals surface area (Å²) in [7, 11) is 0. The molecule has 1 saturated carbocycles. The highest BCUT2D eigenvalue weighted by atomic mass is 16.5. The number of allylic oxidation sites excluding steroid dienone is 1. The Bertz CT molecular complexity index is 1060. The van der Waals surface area contributed by atoms with Gasteiger partial charge in [-0.05, 0) is 80.9 Å². The minimum absolute atomic E-state index is 0.0597. The number of anilines is 2. The highest BCUT2D eigenvalue weighted by molar-refractivity contribution is 5.90. The fourth-order valence-electron chi connectivity index (χ4n) is 4.19. The van der Waals surface area contributed by atoms with Crippen molar-refractivity contribution in [3.8, 4) is 0 Å². The standard InChI is InChI=1S/C30H38N2O5/c1-2-3-4-5-6-19-35-26-14-16-27(17-15-26)37-30(34)23-10-7-22(8-11-23)9-18-29(33)36-21-24-12-13-25(31)20-28(24)32/h2,7-13,18,20,26-27H,1,3-6,14-17,19,21,31-32H2. The molecule has 0 unspecified atom stereocenters. The van der Waals surface area contributed by atoms with Crippen LogP contribution in [-0.4, -0.2) is 30.8 Å². The summed E-state index contributed by atoms with van der Waals surface area (Å²) in [5.74, 6) is -0.824. The largest absolute Gasteiger partial charge is 0.459 e. The number of ether oxygens (including phenoxy) is 3. The first kappa shape index (κ1) is 28.0. The first-order valence-corrected chi connectivity index (χ1v) is 13.0. The van der Waals surface area contributed by atoms with Gasteiger partial charge in [-0.1, -0.05) is 30.7 Å². The Balaban J connectivity index is 1.36. The second kappa shape index (κ2) is 14.9. The SMILES string of the molecule is C=CCCCCCOC1CCC(OC(=O)c2ccc(C=CC(=O)OCc3ccc(N)cc3N)cc2)CC1. The van der Waals surface area contributed by atoms with Crippen molar-refractivity contribution in [2.24, 2.45) is 0 Å². The van der Waals surface area contributed by atoms with E-state index in [4.69, 9.17) is 25.7 Å². The predicted molar refractivity (Wildman–Crippen MR) is 147 cm³/mol. The minimum atomic E-state index is -0.494. The summed E-state index contributed by atoms with van der Waals surface area (Å²) < 4.78 is 16.9. The van der Waals surface area contributed by atoms with E-state index in [0.717, 1.165) is 57.1 Å². The molecule has 0 amide bonds. The third kappa shape index (κ3) is 9.77. The zero-order chi connectivity index (χ0) is 26.5. The fourth-order valence-corrected chi connectivity index (χ4v) is 4.19. The monoisotopic (exact) mass is 506 g/mol. The Kier molecular flexibility index (Phi) is 11.2. The van der Waals surface area contributed by atoms with Gasteiger partial charge in [0.15, 0.2) is 0 Å². The summed E-state index contributed by atoms with van der Waals surface area (Å²) in [4.78, 5) is 24.6. The predicted octanol–water partition coefficient (Wildman–Crippen LogP) is 5.84. The summed E-state index contributed by atoms with van der Waals surface area (Å²) in [6.45, 7) is 4.60. The first-order chi connectivity index (χ1) is 17.9. The van der Waals surface area contributed by atoms with Gasteiger partial charge in [0.05, 0.1) is 11.7 Å². The summed E-state index contributed by atoms with van der Waals surface area (Å²) in [6.07, 6.45) is 13.0. The Hall–Kier alpha value is -3.58. The number of nitrogen functional groups attached to an aromatic ring is 2. The zero-order valence-corrected chi connectivity index (χ0v) is 21.4. The van der Waals surface area contributed by atoms with Crippen LogP contribution < -0.4 is 11.5 Å². The molecule has 1 aliphatic carbocycles. The first-order valence-electron chi connectivity index (χ1n) is 13.0. The van der Waals surface area contributed by atoms with Gasteiger partial charge in [-0.3, -0.25) is 0 Å². The molecule has 0 aromatic heterocycles. The Morgan fingerprint density at radius 3 is 2.38 bits per heavy atom. The Labute approximate surface area is 219 Å². The van der Waals surface area contributed by atoms with E-state index in [9.17, 15) is 9.59 Å². The van der Waals surface area contributed by atoms with Crippen molar-refractivity contribution < 1.29 is 23.8 Å². The van der Waals surface area contributed by atoms with Crippen LogP contribution in [0.5, 0.6) is 0 Å². The van der Waals surface area contributed by atoms with Crippen molar-refractivity contribution in [3.63, 3.8) is 0 Å². The summed E-state index contributed by atoms with van der Waals surface area (Å²) in [6, 6.07) is 12.0. The molecule has 198 valence electrons. The molecular weight excluding hydrogens is 468 g/mol. The molecule has 37 heavy (non-hydrogen) atoms. The van der Waals surface area contributed by atoms with Crippen molar-refractivity contribution in [2.45, 2.75) is 70.2 Å². The van der Waals surface area contributed by atoms with Gasteiger partial charge in [0.25, 0.3) is 0 Å². The van der Waals surface area contributed by atoms with Crippen LogP contribution in [0.1, 0.15) is 72.9 Å². The van der Waals surface area contributed by atoms with E-state index in [-0.39, 0.29) is 24.8 Å². The molecule has 2 aromatic rings. The lowest BCUT2D eigenvalue weighted by Crippen LogP contribution is -2.28. The molecule has 4 N–H and O–H groups in total. The van der Waals surface area contributed by atoms with E-state index in [1.807, 2.05) is 6.08 Å². The van der Waals surface area contributed by atoms with E-state index in [1.165, 1.54) is 12.5 Å². The van der Waals surface area contributed by atoms with Crippen LogP contribution in [0, 0.1) is 0 Å². The molecule has 1 aliphatic rings. The molecule has 1 fully saturated rings. The van der Waals surface area contributed by atoms with Gasteiger partial charge in [-0.15, -0.1) is 6.58 Å². The third-order valence-electron chi connectivity index (χ3n) is 6.40. The lowest BCUT2D eigenvalue weighted by molar-refractivity contribution is -0.138. The normalized spacial score (nSPS) is 17.4. The van der Waals surface area contributed by atoms with Gasteiger partial charge in [0.1, 0.15) is 12.7 Å². The van der Waals surface area contributed by atoms with Gasteiger partial charge in [-0.2, -0.15) is 0 Å². The summed E-state index contributed by atoms with van der Waals surface area (Å²) in [5, 5.41) is 0. The average Bonchev–Trinajstić information content (AvgIpc) is 2.90. The number of hydrogen-bond donors (Lipinski definition) is 2. The molecule has 0 bridgehead atoms. The van der Waals surface area contributed by atoms with E-state index < -0.39 is 5.97 Å². The van der Waals surface area contributed by atoms with E-state index in [0.29, 0.717) is 22.5 Å². The molecule has 7 nitrogen and oxygen atoms in total. The van der Waals surface area contributed by atoms with Crippen molar-refractivity contribution in [1.29, 1.82) is 0 Å². The van der Waals surface area contributed by atoms with Crippen molar-refractivity contribution in [2.75, 3.05) is 18.1 Å². The molecule has 2 aromatic carbocycles. The maximum absolute atomic E-state index is 12.6. The molecule has 0 heterocycles. The molecular formula is C30H38N2O5. The van der Waals surface area contributed by atoms with Crippen LogP contribution in [0.15, 0.2) is 61.2 Å². The molecule has 0 atom stereocenters. The number of hydrogen-bond acceptors (Lipinski definition) is 7. The van der Waals surface area contributed by atoms with Crippen LogP contribution in [0.25, 0.3) is 6.08 Å². The third-order valence-corrected chi connectivity index (χ3v) is 6.40. The Morgan fingerprint density at radius 1 is 0.946 bits per heavy atom. The van der Waals surface area contributed by atoms with Gasteiger partial charge < -0.3 is 25.7 Å². The van der Waals surface area contributed by atoms with Gasteiger partial charge in [0.2, 0.25) is 0 Å². The fraction of sp³-hybridized carbons (Fsp3) is 0.400. The maximum atomic E-state index is 12.6. The average molecular weight is 507 g/mol. The molecule has 0 aliphatic heterocycles. The van der Waals surface area contributed by atoms with Crippen LogP contribution >= 0.6 is 0 Å². The zero-order valence-electron chi connectivity index (χ0n) is 21.4. The highest BCUT2D eigenvalue weighted by Crippen LogP contribution is 2.25. The number of carbonyl (C=O) groups excluding carboxylic acids is 2. The second-order valence-corrected chi connectivity index (χ2v) is 9.33. The smallest absolute Gasteiger partial charge is 0.338 e. The van der Waals surface area contributed by atoms with Crippen LogP contribution in [-0.2, 0) is 25.6 Å². The van der Waals surface area contributed by atoms with Crippen LogP contribution in [0.2, 0.25) is 0 Å². The lowest BCUT2D eigenvalue weighted by Gasteiger charge is -2.28. The van der Waals surface area contributed by atoms with Gasteiger partial charge >= 0.3 is 11.9 Å². The molecule has 0 radical (unpaired) electrons. The lowest BCUT2D eigenvalue weighted by atomic mass is 9.95. The number of nitrogens with two attached hydrogens (primary N) is 2. The Morgan fingerprint density at radius 2 is 1.68 bits per heavy atom. The van der Waals surface area contributed by atoms with Crippen molar-refractivity contribution in [1.82, 2.24) is 0 Å². The quantitative estimate of drug-likeness (QED) is 0.115. The van der Waals surface area contributed by atoms with Gasteiger partial charge in [-0.25, -0.2) is 9.59 Å². The minimum Gasteiger partial charge on any atom is -0.459 e. The number of unbranched alkanes of at least 4 members (excludes halogenated alkanes) is 3. The maximum Gasteiger partial charge on any atom is 0.338 e. The number of carbonyl (C=O) groups is 2. The van der Waals surface area contributed by atoms with E-state index in [2.05, 4.69) is 6.58 Å². The number of esters is 2. The van der Waals surface area contributed by atoms with E-state index >= 15 is 0 Å². The van der Waals surface area contributed by atoms with Crippen molar-refractivity contribution >= 4 is 29.4 Å². The summed E-state index contributed by atoms with van der Waals surface area (Å²) in [5.41, 5.74) is 14.5. The molecule has 3 rings (SSSR count). The van der Waals surface area contributed by atoms with Crippen LogP contribution in [0.3, 0.4) is 0 Å². The molecule has 7 heteroatoms. The molecule has 0 saturated heterocycles. The van der Waals surface area contributed by atoms with Crippen molar-refractivity contribution in [3.05, 3.63) is 77.9 Å². The van der Waals surface area contributed by atoms with E-state index in [1.54, 1.807) is 48.5 Å². The highest BCUT2D eigenvalue weighted by Gasteiger charge is 2.24. The number of benzene rings is 2. The second-order valence-electron chi connectivity index (χ2n) is 9.33. The van der Waals surface area contributed by atoms with Gasteiger partial charge in [0, 0.05) is 29.6 Å². The molecule has 0 spiro atoms. The number of rotatable bonds is 13.